The van der Waals surface area contributed by atoms with E-state index < -0.39 is 29.3 Å². The van der Waals surface area contributed by atoms with Gasteiger partial charge >= 0.3 is 5.97 Å². The molecule has 0 fully saturated rings. The number of carbonyl (C=O) groups excluding carboxylic acids is 2. The maximum Gasteiger partial charge on any atom is 0.339 e. The van der Waals surface area contributed by atoms with Crippen molar-refractivity contribution in [2.24, 2.45) is 0 Å². The first kappa shape index (κ1) is 19.2. The molecule has 1 atom stereocenters. The van der Waals surface area contributed by atoms with Crippen molar-refractivity contribution in [2.75, 3.05) is 23.9 Å². The highest BCUT2D eigenvalue weighted by Gasteiger charge is 2.17. The summed E-state index contributed by atoms with van der Waals surface area (Å²) in [4.78, 5) is 25.6. The van der Waals surface area contributed by atoms with Crippen LogP contribution in [0.25, 0.3) is 0 Å². The number of hydrogen-bond donors (Lipinski definition) is 1. The fourth-order valence-electron chi connectivity index (χ4n) is 2.10. The maximum atomic E-state index is 12.2. The van der Waals surface area contributed by atoms with Crippen molar-refractivity contribution in [2.45, 2.75) is 16.7 Å². The van der Waals surface area contributed by atoms with Gasteiger partial charge in [-0.05, 0) is 36.6 Å². The summed E-state index contributed by atoms with van der Waals surface area (Å²) in [6, 6.07) is 13.9. The van der Waals surface area contributed by atoms with E-state index in [0.717, 1.165) is 4.90 Å². The molecule has 2 aromatic carbocycles. The van der Waals surface area contributed by atoms with E-state index in [0.29, 0.717) is 16.3 Å². The minimum Gasteiger partial charge on any atom is -0.452 e. The Labute approximate surface area is 153 Å². The lowest BCUT2D eigenvalue weighted by Gasteiger charge is -2.09. The lowest BCUT2D eigenvalue weighted by Crippen LogP contribution is -2.21. The van der Waals surface area contributed by atoms with Crippen LogP contribution < -0.4 is 5.32 Å². The molecule has 2 aromatic rings. The number of hydrogen-bond acceptors (Lipinski definition) is 5. The predicted molar refractivity (Wildman–Crippen MR) is 101 cm³/mol. The summed E-state index contributed by atoms with van der Waals surface area (Å²) in [6.07, 6.45) is 1.94. The quantitative estimate of drug-likeness (QED) is 0.592. The molecule has 0 aliphatic carbocycles. The van der Waals surface area contributed by atoms with Gasteiger partial charge in [0.1, 0.15) is 0 Å². The number of amides is 1. The number of carbonyl (C=O) groups is 2. The molecule has 0 saturated heterocycles. The molecule has 0 bridgehead atoms. The normalized spacial score (nSPS) is 11.6. The number of rotatable bonds is 7. The van der Waals surface area contributed by atoms with Crippen LogP contribution in [0.2, 0.25) is 0 Å². The first-order chi connectivity index (χ1) is 12.0. The number of thioether (sulfide) groups is 1. The van der Waals surface area contributed by atoms with Crippen LogP contribution in [0.1, 0.15) is 17.3 Å². The van der Waals surface area contributed by atoms with Crippen molar-refractivity contribution in [1.82, 2.24) is 0 Å². The Bertz CT molecular complexity index is 792. The molecule has 0 aliphatic rings. The second-order valence-corrected chi connectivity index (χ2v) is 7.57. The molecule has 0 radical (unpaired) electrons. The molecule has 0 spiro atoms. The van der Waals surface area contributed by atoms with Crippen molar-refractivity contribution < 1.29 is 18.5 Å². The third-order valence-electron chi connectivity index (χ3n) is 3.30. The fraction of sp³-hybridized carbons (Fsp3) is 0.222. The van der Waals surface area contributed by atoms with Crippen LogP contribution in [0.4, 0.5) is 5.69 Å². The summed E-state index contributed by atoms with van der Waals surface area (Å²) in [5, 5.41) is 2.68. The highest BCUT2D eigenvalue weighted by molar-refractivity contribution is 7.98. The fourth-order valence-corrected chi connectivity index (χ4v) is 3.49. The minimum atomic E-state index is -1.28. The van der Waals surface area contributed by atoms with Crippen molar-refractivity contribution in [3.8, 4) is 0 Å². The van der Waals surface area contributed by atoms with Gasteiger partial charge in [-0.15, -0.1) is 11.8 Å². The van der Waals surface area contributed by atoms with Gasteiger partial charge in [0.2, 0.25) is 0 Å². The van der Waals surface area contributed by atoms with Crippen molar-refractivity contribution >= 4 is 40.1 Å². The van der Waals surface area contributed by atoms with Gasteiger partial charge in [0.05, 0.1) is 21.3 Å². The van der Waals surface area contributed by atoms with Crippen molar-refractivity contribution in [3.05, 3.63) is 54.1 Å². The highest BCUT2D eigenvalue weighted by Crippen LogP contribution is 2.19. The average Bonchev–Trinajstić information content (AvgIpc) is 2.65. The van der Waals surface area contributed by atoms with E-state index in [2.05, 4.69) is 5.32 Å². The zero-order valence-corrected chi connectivity index (χ0v) is 15.6. The minimum absolute atomic E-state index is 0.222. The zero-order chi connectivity index (χ0) is 18.2. The van der Waals surface area contributed by atoms with E-state index in [1.54, 1.807) is 49.0 Å². The Balaban J connectivity index is 1.98. The van der Waals surface area contributed by atoms with Crippen LogP contribution in [0.5, 0.6) is 0 Å². The Kier molecular flexibility index (Phi) is 7.21. The molecule has 1 amide bonds. The summed E-state index contributed by atoms with van der Waals surface area (Å²) >= 11 is 1.57. The van der Waals surface area contributed by atoms with Gasteiger partial charge in [0, 0.05) is 16.3 Å². The van der Waals surface area contributed by atoms with E-state index in [9.17, 15) is 13.8 Å². The molecule has 1 unspecified atom stereocenters. The SMILES string of the molecule is CCS(=O)c1ccccc1C(=O)OCC(=O)Nc1cccc(SC)c1. The van der Waals surface area contributed by atoms with Crippen LogP contribution in [0.15, 0.2) is 58.3 Å². The third kappa shape index (κ3) is 5.44. The monoisotopic (exact) mass is 377 g/mol. The molecule has 25 heavy (non-hydrogen) atoms. The second kappa shape index (κ2) is 9.39. The standard InChI is InChI=1S/C18H19NO4S2/c1-3-25(22)16-10-5-4-9-15(16)18(21)23-12-17(20)19-13-7-6-8-14(11-13)24-2/h4-11H,3,12H2,1-2H3,(H,19,20). The highest BCUT2D eigenvalue weighted by atomic mass is 32.2. The lowest BCUT2D eigenvalue weighted by atomic mass is 10.2. The van der Waals surface area contributed by atoms with Gasteiger partial charge in [-0.3, -0.25) is 9.00 Å². The molecule has 0 saturated carbocycles. The molecule has 7 heteroatoms. The molecular formula is C18H19NO4S2. The van der Waals surface area contributed by atoms with Gasteiger partial charge in [0.15, 0.2) is 6.61 Å². The second-order valence-electron chi connectivity index (χ2n) is 4.99. The topological polar surface area (TPSA) is 72.5 Å². The largest absolute Gasteiger partial charge is 0.452 e. The zero-order valence-electron chi connectivity index (χ0n) is 14.0. The number of ether oxygens (including phenoxy) is 1. The Morgan fingerprint density at radius 1 is 1.16 bits per heavy atom. The maximum absolute atomic E-state index is 12.2. The Hall–Kier alpha value is -2.12. The first-order valence-electron chi connectivity index (χ1n) is 7.63. The van der Waals surface area contributed by atoms with Crippen LogP contribution in [-0.2, 0) is 20.3 Å². The molecule has 2 rings (SSSR count). The van der Waals surface area contributed by atoms with Crippen molar-refractivity contribution in [1.29, 1.82) is 0 Å². The van der Waals surface area contributed by atoms with E-state index in [4.69, 9.17) is 4.74 Å². The molecule has 5 nitrogen and oxygen atoms in total. The van der Waals surface area contributed by atoms with Crippen LogP contribution in [0, 0.1) is 0 Å². The smallest absolute Gasteiger partial charge is 0.339 e. The number of nitrogens with one attached hydrogen (secondary N) is 1. The molecular weight excluding hydrogens is 358 g/mol. The molecule has 0 aromatic heterocycles. The average molecular weight is 377 g/mol. The van der Waals surface area contributed by atoms with Gasteiger partial charge in [-0.2, -0.15) is 0 Å². The van der Waals surface area contributed by atoms with Crippen molar-refractivity contribution in [3.63, 3.8) is 0 Å². The number of anilines is 1. The summed E-state index contributed by atoms with van der Waals surface area (Å²) < 4.78 is 17.1. The summed E-state index contributed by atoms with van der Waals surface area (Å²) in [5.74, 6) is -0.692. The van der Waals surface area contributed by atoms with Gasteiger partial charge < -0.3 is 10.1 Å². The number of benzene rings is 2. The summed E-state index contributed by atoms with van der Waals surface area (Å²) in [6.45, 7) is 1.36. The van der Waals surface area contributed by atoms with E-state index in [-0.39, 0.29) is 5.56 Å². The van der Waals surface area contributed by atoms with Crippen LogP contribution in [-0.4, -0.2) is 34.7 Å². The first-order valence-corrected chi connectivity index (χ1v) is 10.2. The van der Waals surface area contributed by atoms with E-state index in [1.807, 2.05) is 24.5 Å². The molecule has 132 valence electrons. The van der Waals surface area contributed by atoms with Gasteiger partial charge in [-0.25, -0.2) is 4.79 Å². The summed E-state index contributed by atoms with van der Waals surface area (Å²) in [5.41, 5.74) is 0.861. The summed E-state index contributed by atoms with van der Waals surface area (Å²) in [7, 11) is -1.28. The van der Waals surface area contributed by atoms with Crippen LogP contribution >= 0.6 is 11.8 Å². The van der Waals surface area contributed by atoms with E-state index in [1.165, 1.54) is 0 Å². The lowest BCUT2D eigenvalue weighted by molar-refractivity contribution is -0.119. The van der Waals surface area contributed by atoms with Gasteiger partial charge in [-0.1, -0.05) is 25.1 Å². The molecule has 0 heterocycles. The predicted octanol–water partition coefficient (Wildman–Crippen LogP) is 3.33. The molecule has 0 aliphatic heterocycles. The van der Waals surface area contributed by atoms with Gasteiger partial charge in [0.25, 0.3) is 5.91 Å². The third-order valence-corrected chi connectivity index (χ3v) is 5.40. The number of esters is 1. The Morgan fingerprint density at radius 2 is 1.92 bits per heavy atom. The van der Waals surface area contributed by atoms with Crippen LogP contribution in [0.3, 0.4) is 0 Å². The Morgan fingerprint density at radius 3 is 2.64 bits per heavy atom. The van der Waals surface area contributed by atoms with E-state index >= 15 is 0 Å². The molecule has 1 N–H and O–H groups in total.